The van der Waals surface area contributed by atoms with E-state index in [0.29, 0.717) is 31.7 Å². The number of aliphatic carboxylic acids is 1. The maximum Gasteiger partial charge on any atom is 0.321 e. The molecule has 140 valence electrons. The summed E-state index contributed by atoms with van der Waals surface area (Å²) in [5, 5.41) is 12.5. The van der Waals surface area contributed by atoms with Crippen molar-refractivity contribution in [3.63, 3.8) is 0 Å². The maximum absolute atomic E-state index is 12.9. The van der Waals surface area contributed by atoms with Crippen molar-refractivity contribution in [2.45, 2.75) is 6.42 Å². The summed E-state index contributed by atoms with van der Waals surface area (Å²) in [4.78, 5) is 39.4. The van der Waals surface area contributed by atoms with Crippen LogP contribution in [0.1, 0.15) is 16.8 Å². The van der Waals surface area contributed by atoms with Gasteiger partial charge < -0.3 is 20.1 Å². The minimum Gasteiger partial charge on any atom is -0.481 e. The lowest BCUT2D eigenvalue weighted by atomic mass is 9.88. The van der Waals surface area contributed by atoms with E-state index in [1.54, 1.807) is 18.2 Å². The molecule has 2 heterocycles. The molecule has 0 spiro atoms. The van der Waals surface area contributed by atoms with E-state index in [2.05, 4.69) is 5.32 Å². The van der Waals surface area contributed by atoms with Crippen LogP contribution in [0.25, 0.3) is 0 Å². The Kier molecular flexibility index (Phi) is 5.06. The molecule has 2 saturated heterocycles. The highest BCUT2D eigenvalue weighted by Gasteiger charge is 2.46. The molecule has 2 fully saturated rings. The number of carboxylic acids is 1. The molecular weight excluding hydrogens is 362 g/mol. The number of benzene rings is 1. The first-order chi connectivity index (χ1) is 12.4. The van der Waals surface area contributed by atoms with E-state index in [1.807, 2.05) is 0 Å². The van der Waals surface area contributed by atoms with Gasteiger partial charge in [-0.25, -0.2) is 4.79 Å². The van der Waals surface area contributed by atoms with Crippen LogP contribution < -0.4 is 10.2 Å². The summed E-state index contributed by atoms with van der Waals surface area (Å²) in [6.07, 6.45) is 0.313. The van der Waals surface area contributed by atoms with Gasteiger partial charge >= 0.3 is 12.0 Å². The highest BCUT2D eigenvalue weighted by atomic mass is 35.5. The highest BCUT2D eigenvalue weighted by molar-refractivity contribution is 6.34. The summed E-state index contributed by atoms with van der Waals surface area (Å²) < 4.78 is 5.05. The van der Waals surface area contributed by atoms with Gasteiger partial charge in [-0.2, -0.15) is 0 Å². The van der Waals surface area contributed by atoms with Gasteiger partial charge in [-0.05, 0) is 24.6 Å². The van der Waals surface area contributed by atoms with Crippen LogP contribution in [0.2, 0.25) is 5.02 Å². The lowest BCUT2D eigenvalue weighted by Crippen LogP contribution is -2.40. The smallest absolute Gasteiger partial charge is 0.321 e. The molecule has 1 aromatic rings. The first-order valence-electron chi connectivity index (χ1n) is 8.24. The summed E-state index contributed by atoms with van der Waals surface area (Å²) in [7, 11) is 1.44. The van der Waals surface area contributed by atoms with Gasteiger partial charge in [0.1, 0.15) is 5.41 Å². The summed E-state index contributed by atoms with van der Waals surface area (Å²) >= 11 is 6.20. The summed E-state index contributed by atoms with van der Waals surface area (Å²) in [5.74, 6) is -1.33. The predicted octanol–water partition coefficient (Wildman–Crippen LogP) is 1.43. The van der Waals surface area contributed by atoms with Gasteiger partial charge in [0.2, 0.25) is 0 Å². The van der Waals surface area contributed by atoms with Gasteiger partial charge in [-0.1, -0.05) is 11.6 Å². The number of rotatable bonds is 5. The summed E-state index contributed by atoms with van der Waals surface area (Å²) in [5.41, 5.74) is -0.278. The Labute approximate surface area is 155 Å². The fraction of sp³-hybridized carbons (Fsp3) is 0.471. The van der Waals surface area contributed by atoms with Crippen molar-refractivity contribution >= 4 is 35.2 Å². The topological polar surface area (TPSA) is 99.2 Å². The van der Waals surface area contributed by atoms with E-state index in [4.69, 9.17) is 16.3 Å². The van der Waals surface area contributed by atoms with Crippen molar-refractivity contribution in [1.29, 1.82) is 0 Å². The Bertz CT molecular complexity index is 756. The van der Waals surface area contributed by atoms with Gasteiger partial charge in [0.25, 0.3) is 5.91 Å². The quantitative estimate of drug-likeness (QED) is 0.803. The van der Waals surface area contributed by atoms with E-state index in [-0.39, 0.29) is 35.7 Å². The first kappa shape index (κ1) is 18.5. The van der Waals surface area contributed by atoms with Crippen LogP contribution in [0, 0.1) is 5.41 Å². The van der Waals surface area contributed by atoms with Gasteiger partial charge in [-0.3, -0.25) is 14.5 Å². The normalized spacial score (nSPS) is 22.6. The Morgan fingerprint density at radius 1 is 1.38 bits per heavy atom. The van der Waals surface area contributed by atoms with Crippen molar-refractivity contribution in [3.8, 4) is 0 Å². The molecule has 0 saturated carbocycles. The average molecular weight is 382 g/mol. The number of carbonyl (C=O) groups is 3. The summed E-state index contributed by atoms with van der Waals surface area (Å²) in [6.45, 7) is 1.44. The molecule has 1 atom stereocenters. The third-order valence-corrected chi connectivity index (χ3v) is 5.19. The molecule has 1 aromatic carbocycles. The lowest BCUT2D eigenvalue weighted by molar-refractivity contribution is -0.151. The molecule has 0 radical (unpaired) electrons. The van der Waals surface area contributed by atoms with Crippen LogP contribution in [0.15, 0.2) is 18.2 Å². The fourth-order valence-corrected chi connectivity index (χ4v) is 3.61. The largest absolute Gasteiger partial charge is 0.481 e. The van der Waals surface area contributed by atoms with Crippen LogP contribution in [0.5, 0.6) is 0 Å². The molecule has 1 unspecified atom stereocenters. The highest BCUT2D eigenvalue weighted by Crippen LogP contribution is 2.34. The van der Waals surface area contributed by atoms with E-state index in [1.165, 1.54) is 16.9 Å². The van der Waals surface area contributed by atoms with Crippen LogP contribution in [-0.2, 0) is 9.53 Å². The molecule has 9 heteroatoms. The molecule has 3 amide bonds. The van der Waals surface area contributed by atoms with E-state index >= 15 is 0 Å². The fourth-order valence-electron chi connectivity index (χ4n) is 3.41. The molecule has 0 aromatic heterocycles. The molecule has 26 heavy (non-hydrogen) atoms. The zero-order valence-electron chi connectivity index (χ0n) is 14.3. The van der Waals surface area contributed by atoms with Crippen molar-refractivity contribution < 1.29 is 24.2 Å². The second-order valence-corrected chi connectivity index (χ2v) is 6.95. The van der Waals surface area contributed by atoms with Crippen molar-refractivity contribution in [3.05, 3.63) is 28.8 Å². The number of nitrogens with one attached hydrogen (secondary N) is 1. The minimum atomic E-state index is -1.11. The number of hydrogen-bond donors (Lipinski definition) is 2. The first-order valence-corrected chi connectivity index (χ1v) is 8.62. The standard InChI is InChI=1S/C17H20ClN3O5/c1-26-10-17(15(23)24)4-6-20(9-17)14(22)12-8-11(2-3-13(12)18)21-7-5-19-16(21)25/h2-3,8H,4-7,9-10H2,1H3,(H,19,25)(H,23,24). The molecule has 2 aliphatic heterocycles. The third-order valence-electron chi connectivity index (χ3n) is 4.86. The second kappa shape index (κ2) is 7.13. The SMILES string of the molecule is COCC1(C(=O)O)CCN(C(=O)c2cc(N3CCNC3=O)ccc2Cl)C1. The molecule has 2 N–H and O–H groups in total. The number of methoxy groups -OCH3 is 1. The molecular formula is C17H20ClN3O5. The number of halogens is 1. The van der Waals surface area contributed by atoms with Gasteiger partial charge in [-0.15, -0.1) is 0 Å². The Morgan fingerprint density at radius 3 is 2.77 bits per heavy atom. The van der Waals surface area contributed by atoms with E-state index < -0.39 is 11.4 Å². The molecule has 8 nitrogen and oxygen atoms in total. The number of urea groups is 1. The second-order valence-electron chi connectivity index (χ2n) is 6.54. The molecule has 2 aliphatic rings. The number of ether oxygens (including phenoxy) is 1. The van der Waals surface area contributed by atoms with Crippen LogP contribution in [0.3, 0.4) is 0 Å². The van der Waals surface area contributed by atoms with Crippen molar-refractivity contribution in [2.75, 3.05) is 44.8 Å². The number of amides is 3. The maximum atomic E-state index is 12.9. The summed E-state index contributed by atoms with van der Waals surface area (Å²) in [6, 6.07) is 4.61. The molecule has 3 rings (SSSR count). The average Bonchev–Trinajstić information content (AvgIpc) is 3.23. The zero-order valence-corrected chi connectivity index (χ0v) is 15.1. The number of carbonyl (C=O) groups excluding carboxylic acids is 2. The third kappa shape index (κ3) is 3.22. The van der Waals surface area contributed by atoms with Crippen LogP contribution >= 0.6 is 11.6 Å². The lowest BCUT2D eigenvalue weighted by Gasteiger charge is -2.24. The number of hydrogen-bond acceptors (Lipinski definition) is 4. The van der Waals surface area contributed by atoms with Crippen LogP contribution in [-0.4, -0.2) is 67.8 Å². The number of nitrogens with zero attached hydrogens (tertiary/aromatic N) is 2. The number of carboxylic acid groups (broad SMARTS) is 1. The predicted molar refractivity (Wildman–Crippen MR) is 94.7 cm³/mol. The van der Waals surface area contributed by atoms with E-state index in [0.717, 1.165) is 0 Å². The molecule has 0 aliphatic carbocycles. The minimum absolute atomic E-state index is 0.0355. The Morgan fingerprint density at radius 2 is 2.15 bits per heavy atom. The molecule has 0 bridgehead atoms. The number of likely N-dealkylation sites (tertiary alicyclic amines) is 1. The van der Waals surface area contributed by atoms with Crippen molar-refractivity contribution in [2.24, 2.45) is 5.41 Å². The zero-order chi connectivity index (χ0) is 18.9. The Balaban J connectivity index is 1.84. The van der Waals surface area contributed by atoms with Crippen molar-refractivity contribution in [1.82, 2.24) is 10.2 Å². The van der Waals surface area contributed by atoms with E-state index in [9.17, 15) is 19.5 Å². The van der Waals surface area contributed by atoms with Gasteiger partial charge in [0, 0.05) is 39.0 Å². The monoisotopic (exact) mass is 381 g/mol. The van der Waals surface area contributed by atoms with Gasteiger partial charge in [0.15, 0.2) is 0 Å². The Hall–Kier alpha value is -2.32. The van der Waals surface area contributed by atoms with Gasteiger partial charge in [0.05, 0.1) is 17.2 Å². The van der Waals surface area contributed by atoms with Crippen LogP contribution in [0.4, 0.5) is 10.5 Å². The number of anilines is 1.